The zero-order valence-electron chi connectivity index (χ0n) is 14.3. The number of hydrogen-bond donors (Lipinski definition) is 1. The van der Waals surface area contributed by atoms with Gasteiger partial charge in [0.1, 0.15) is 5.69 Å². The van der Waals surface area contributed by atoms with Gasteiger partial charge in [0.15, 0.2) is 5.58 Å². The number of nitrogens with one attached hydrogen (secondary N) is 1. The molecule has 0 fully saturated rings. The van der Waals surface area contributed by atoms with Crippen molar-refractivity contribution >= 4 is 16.9 Å². The summed E-state index contributed by atoms with van der Waals surface area (Å²) in [5, 5.41) is 7.76. The zero-order valence-corrected chi connectivity index (χ0v) is 14.3. The summed E-state index contributed by atoms with van der Waals surface area (Å²) in [6, 6.07) is 17.6. The molecule has 5 heteroatoms. The van der Waals surface area contributed by atoms with Crippen LogP contribution in [0.1, 0.15) is 30.7 Å². The predicted octanol–water partition coefficient (Wildman–Crippen LogP) is 3.65. The second-order valence-corrected chi connectivity index (χ2v) is 5.93. The smallest absolute Gasteiger partial charge is 0.226 e. The van der Waals surface area contributed by atoms with E-state index in [1.54, 1.807) is 0 Å². The van der Waals surface area contributed by atoms with Crippen molar-refractivity contribution in [2.24, 2.45) is 0 Å². The zero-order chi connectivity index (χ0) is 17.5. The van der Waals surface area contributed by atoms with Crippen LogP contribution in [-0.4, -0.2) is 24.2 Å². The third kappa shape index (κ3) is 4.67. The standard InChI is InChI=1S/C20H22N2O3/c1-15(16-8-3-2-4-9-16)24-13-7-12-21-20(23)14-18-17-10-5-6-11-19(17)25-22-18/h2-6,8-11,15H,7,12-14H2,1H3,(H,21,23)/t15-/m0/s1. The molecular weight excluding hydrogens is 316 g/mol. The third-order valence-electron chi connectivity index (χ3n) is 4.06. The lowest BCUT2D eigenvalue weighted by molar-refractivity contribution is -0.120. The third-order valence-corrected chi connectivity index (χ3v) is 4.06. The average Bonchev–Trinajstić information content (AvgIpc) is 3.05. The molecule has 25 heavy (non-hydrogen) atoms. The molecule has 0 unspecified atom stereocenters. The van der Waals surface area contributed by atoms with Crippen molar-refractivity contribution in [3.05, 3.63) is 65.9 Å². The Morgan fingerprint density at radius 2 is 1.92 bits per heavy atom. The number of nitrogens with zero attached hydrogens (tertiary/aromatic N) is 1. The Hall–Kier alpha value is -2.66. The fraction of sp³-hybridized carbons (Fsp3) is 0.300. The first kappa shape index (κ1) is 17.2. The molecule has 0 saturated carbocycles. The molecule has 0 aliphatic rings. The molecule has 1 N–H and O–H groups in total. The normalized spacial score (nSPS) is 12.2. The fourth-order valence-corrected chi connectivity index (χ4v) is 2.66. The van der Waals surface area contributed by atoms with E-state index in [2.05, 4.69) is 22.6 Å². The van der Waals surface area contributed by atoms with E-state index in [4.69, 9.17) is 9.26 Å². The van der Waals surface area contributed by atoms with Crippen molar-refractivity contribution in [1.82, 2.24) is 10.5 Å². The van der Waals surface area contributed by atoms with Gasteiger partial charge in [-0.05, 0) is 31.0 Å². The van der Waals surface area contributed by atoms with Crippen LogP contribution in [0.4, 0.5) is 0 Å². The average molecular weight is 338 g/mol. The van der Waals surface area contributed by atoms with Gasteiger partial charge in [-0.1, -0.05) is 47.6 Å². The molecule has 2 aromatic carbocycles. The largest absolute Gasteiger partial charge is 0.374 e. The van der Waals surface area contributed by atoms with Gasteiger partial charge < -0.3 is 14.6 Å². The minimum Gasteiger partial charge on any atom is -0.374 e. The Morgan fingerprint density at radius 1 is 1.16 bits per heavy atom. The van der Waals surface area contributed by atoms with Crippen LogP contribution in [0, 0.1) is 0 Å². The number of aromatic nitrogens is 1. The summed E-state index contributed by atoms with van der Waals surface area (Å²) in [6.07, 6.45) is 1.04. The van der Waals surface area contributed by atoms with Crippen molar-refractivity contribution in [1.29, 1.82) is 0 Å². The number of ether oxygens (including phenoxy) is 1. The van der Waals surface area contributed by atoms with E-state index in [9.17, 15) is 4.79 Å². The van der Waals surface area contributed by atoms with Crippen LogP contribution in [0.5, 0.6) is 0 Å². The van der Waals surface area contributed by atoms with E-state index >= 15 is 0 Å². The molecule has 3 rings (SSSR count). The predicted molar refractivity (Wildman–Crippen MR) is 96.1 cm³/mol. The van der Waals surface area contributed by atoms with Crippen molar-refractivity contribution in [3.8, 4) is 0 Å². The second kappa shape index (κ2) is 8.44. The molecule has 130 valence electrons. The summed E-state index contributed by atoms with van der Waals surface area (Å²) in [6.45, 7) is 3.21. The van der Waals surface area contributed by atoms with Gasteiger partial charge in [-0.15, -0.1) is 0 Å². The number of para-hydroxylation sites is 1. The molecule has 3 aromatic rings. The van der Waals surface area contributed by atoms with E-state index in [1.807, 2.05) is 49.4 Å². The van der Waals surface area contributed by atoms with Gasteiger partial charge in [0, 0.05) is 18.5 Å². The van der Waals surface area contributed by atoms with Crippen LogP contribution in [0.25, 0.3) is 11.0 Å². The van der Waals surface area contributed by atoms with Crippen LogP contribution in [0.2, 0.25) is 0 Å². The molecule has 1 heterocycles. The van der Waals surface area contributed by atoms with Crippen LogP contribution < -0.4 is 5.32 Å². The number of carbonyl (C=O) groups is 1. The Balaban J connectivity index is 1.37. The first-order chi connectivity index (χ1) is 12.2. The van der Waals surface area contributed by atoms with Crippen LogP contribution in [-0.2, 0) is 16.0 Å². The second-order valence-electron chi connectivity index (χ2n) is 5.93. The van der Waals surface area contributed by atoms with Crippen LogP contribution >= 0.6 is 0 Å². The molecule has 0 bridgehead atoms. The lowest BCUT2D eigenvalue weighted by Crippen LogP contribution is -2.27. The molecule has 5 nitrogen and oxygen atoms in total. The highest BCUT2D eigenvalue weighted by Gasteiger charge is 2.11. The number of hydrogen-bond acceptors (Lipinski definition) is 4. The topological polar surface area (TPSA) is 64.4 Å². The van der Waals surface area contributed by atoms with Crippen molar-refractivity contribution in [2.75, 3.05) is 13.2 Å². The maximum absolute atomic E-state index is 12.0. The van der Waals surface area contributed by atoms with E-state index in [0.717, 1.165) is 17.4 Å². The van der Waals surface area contributed by atoms with Gasteiger partial charge in [-0.3, -0.25) is 4.79 Å². The Morgan fingerprint density at radius 3 is 2.76 bits per heavy atom. The summed E-state index contributed by atoms with van der Waals surface area (Å²) >= 11 is 0. The molecule has 1 atom stereocenters. The molecule has 0 radical (unpaired) electrons. The molecule has 1 amide bonds. The highest BCUT2D eigenvalue weighted by atomic mass is 16.5. The number of amides is 1. The van der Waals surface area contributed by atoms with E-state index < -0.39 is 0 Å². The molecule has 0 saturated heterocycles. The minimum atomic E-state index is -0.0600. The first-order valence-electron chi connectivity index (χ1n) is 8.50. The van der Waals surface area contributed by atoms with E-state index in [1.165, 1.54) is 0 Å². The van der Waals surface area contributed by atoms with Crippen molar-refractivity contribution in [3.63, 3.8) is 0 Å². The molecule has 0 spiro atoms. The minimum absolute atomic E-state index is 0.0541. The molecule has 0 aliphatic carbocycles. The summed E-state index contributed by atoms with van der Waals surface area (Å²) in [5.74, 6) is -0.0600. The summed E-state index contributed by atoms with van der Waals surface area (Å²) in [7, 11) is 0. The van der Waals surface area contributed by atoms with Gasteiger partial charge in [0.2, 0.25) is 5.91 Å². The molecular formula is C20H22N2O3. The van der Waals surface area contributed by atoms with Gasteiger partial charge in [0.25, 0.3) is 0 Å². The van der Waals surface area contributed by atoms with Gasteiger partial charge >= 0.3 is 0 Å². The van der Waals surface area contributed by atoms with Crippen molar-refractivity contribution < 1.29 is 14.1 Å². The summed E-state index contributed by atoms with van der Waals surface area (Å²) in [4.78, 5) is 12.0. The number of carbonyl (C=O) groups excluding carboxylic acids is 1. The van der Waals surface area contributed by atoms with E-state index in [-0.39, 0.29) is 18.4 Å². The quantitative estimate of drug-likeness (QED) is 0.637. The maximum Gasteiger partial charge on any atom is 0.226 e. The maximum atomic E-state index is 12.0. The Labute approximate surface area is 147 Å². The van der Waals surface area contributed by atoms with E-state index in [0.29, 0.717) is 24.4 Å². The first-order valence-corrected chi connectivity index (χ1v) is 8.50. The Kier molecular flexibility index (Phi) is 5.80. The highest BCUT2D eigenvalue weighted by molar-refractivity contribution is 5.86. The molecule has 1 aromatic heterocycles. The van der Waals surface area contributed by atoms with Crippen molar-refractivity contribution in [2.45, 2.75) is 25.9 Å². The fourth-order valence-electron chi connectivity index (χ4n) is 2.66. The number of rotatable bonds is 8. The monoisotopic (exact) mass is 338 g/mol. The summed E-state index contributed by atoms with van der Waals surface area (Å²) in [5.41, 5.74) is 2.53. The van der Waals surface area contributed by atoms with Gasteiger partial charge in [-0.2, -0.15) is 0 Å². The molecule has 0 aliphatic heterocycles. The number of benzene rings is 2. The SMILES string of the molecule is C[C@H](OCCCNC(=O)Cc1noc2ccccc12)c1ccccc1. The van der Waals surface area contributed by atoms with Crippen LogP contribution in [0.3, 0.4) is 0 Å². The van der Waals surface area contributed by atoms with Gasteiger partial charge in [0.05, 0.1) is 12.5 Å². The highest BCUT2D eigenvalue weighted by Crippen LogP contribution is 2.18. The lowest BCUT2D eigenvalue weighted by Gasteiger charge is -2.13. The van der Waals surface area contributed by atoms with Gasteiger partial charge in [-0.25, -0.2) is 0 Å². The number of fused-ring (bicyclic) bond motifs is 1. The lowest BCUT2D eigenvalue weighted by atomic mass is 10.1. The van der Waals surface area contributed by atoms with Crippen LogP contribution in [0.15, 0.2) is 59.1 Å². The Bertz CT molecular complexity index is 814. The summed E-state index contributed by atoms with van der Waals surface area (Å²) < 4.78 is 11.0.